The standard InChI is InChI=1S/C29H32N2O/c1-9-10-11-23(6)30(8)27-16-19(2)25(14-21(27)4)18-26-15-22(5)28(17-20(26)3)31-24(7)12-13-29(31)32/h9-17H,1,6-7,18H2,2-5,8H3/b11-10-. The van der Waals surface area contributed by atoms with Crippen LogP contribution < -0.4 is 9.80 Å². The maximum atomic E-state index is 12.3. The molecular formula is C29H32N2O. The first-order valence-corrected chi connectivity index (χ1v) is 10.8. The average Bonchev–Trinajstić information content (AvgIpc) is 3.08. The summed E-state index contributed by atoms with van der Waals surface area (Å²) in [6, 6.07) is 8.79. The van der Waals surface area contributed by atoms with Gasteiger partial charge in [0.05, 0.1) is 5.69 Å². The van der Waals surface area contributed by atoms with Crippen molar-refractivity contribution in [2.45, 2.75) is 34.1 Å². The molecule has 1 aliphatic rings. The van der Waals surface area contributed by atoms with E-state index in [-0.39, 0.29) is 5.91 Å². The van der Waals surface area contributed by atoms with Gasteiger partial charge in [-0.25, -0.2) is 0 Å². The number of anilines is 2. The first-order valence-electron chi connectivity index (χ1n) is 10.8. The van der Waals surface area contributed by atoms with Gasteiger partial charge < -0.3 is 4.90 Å². The molecular weight excluding hydrogens is 392 g/mol. The van der Waals surface area contributed by atoms with Crippen LogP contribution in [0.25, 0.3) is 0 Å². The number of carbonyl (C=O) groups excluding carboxylic acids is 1. The molecule has 0 spiro atoms. The van der Waals surface area contributed by atoms with Crippen LogP contribution in [0.15, 0.2) is 85.8 Å². The maximum Gasteiger partial charge on any atom is 0.255 e. The van der Waals surface area contributed by atoms with Crippen LogP contribution in [-0.4, -0.2) is 13.0 Å². The highest BCUT2D eigenvalue weighted by atomic mass is 16.2. The zero-order chi connectivity index (χ0) is 23.6. The minimum absolute atomic E-state index is 0.0408. The molecule has 0 saturated carbocycles. The average molecular weight is 425 g/mol. The number of carbonyl (C=O) groups is 1. The van der Waals surface area contributed by atoms with Crippen LogP contribution >= 0.6 is 0 Å². The van der Waals surface area contributed by atoms with Gasteiger partial charge in [0.25, 0.3) is 5.91 Å². The van der Waals surface area contributed by atoms with Gasteiger partial charge in [0.2, 0.25) is 0 Å². The van der Waals surface area contributed by atoms with E-state index in [0.29, 0.717) is 5.70 Å². The molecule has 32 heavy (non-hydrogen) atoms. The van der Waals surface area contributed by atoms with E-state index in [9.17, 15) is 4.79 Å². The molecule has 0 bridgehead atoms. The van der Waals surface area contributed by atoms with Gasteiger partial charge in [0.1, 0.15) is 0 Å². The number of likely N-dealkylation sites (N-methyl/N-ethyl adjacent to an activating group) is 1. The number of hydrogen-bond acceptors (Lipinski definition) is 2. The number of allylic oxidation sites excluding steroid dienone is 4. The molecule has 2 aromatic carbocycles. The van der Waals surface area contributed by atoms with Crippen LogP contribution in [0.3, 0.4) is 0 Å². The summed E-state index contributed by atoms with van der Waals surface area (Å²) in [6.45, 7) is 20.3. The summed E-state index contributed by atoms with van der Waals surface area (Å²) in [4.78, 5) is 16.0. The van der Waals surface area contributed by atoms with Gasteiger partial charge in [0.15, 0.2) is 0 Å². The summed E-state index contributed by atoms with van der Waals surface area (Å²) in [5.41, 5.74) is 10.9. The predicted molar refractivity (Wildman–Crippen MR) is 137 cm³/mol. The first-order chi connectivity index (χ1) is 15.1. The molecule has 0 radical (unpaired) electrons. The summed E-state index contributed by atoms with van der Waals surface area (Å²) >= 11 is 0. The normalized spacial score (nSPS) is 13.3. The number of aryl methyl sites for hydroxylation is 4. The number of benzene rings is 2. The van der Waals surface area contributed by atoms with E-state index in [2.05, 4.69) is 76.6 Å². The third kappa shape index (κ3) is 4.52. The number of amides is 1. The molecule has 1 amide bonds. The highest BCUT2D eigenvalue weighted by Crippen LogP contribution is 2.32. The zero-order valence-electron chi connectivity index (χ0n) is 19.8. The number of nitrogens with zero attached hydrogens (tertiary/aromatic N) is 2. The van der Waals surface area contributed by atoms with Crippen LogP contribution in [-0.2, 0) is 11.2 Å². The Hall–Kier alpha value is -3.59. The highest BCUT2D eigenvalue weighted by molar-refractivity contribution is 6.08. The largest absolute Gasteiger partial charge is 0.345 e. The van der Waals surface area contributed by atoms with Crippen LogP contribution in [0.5, 0.6) is 0 Å². The quantitative estimate of drug-likeness (QED) is 0.466. The molecule has 0 aliphatic carbocycles. The van der Waals surface area contributed by atoms with Crippen molar-refractivity contribution in [2.24, 2.45) is 0 Å². The van der Waals surface area contributed by atoms with E-state index < -0.39 is 0 Å². The Bertz CT molecular complexity index is 1160. The lowest BCUT2D eigenvalue weighted by molar-refractivity contribution is -0.113. The SMILES string of the molecule is C=C/C=C\C(=C)N(C)c1cc(C)c(Cc2cc(C)c(N3C(=C)C=CC3=O)cc2C)cc1C. The fourth-order valence-electron chi connectivity index (χ4n) is 4.09. The van der Waals surface area contributed by atoms with Crippen molar-refractivity contribution >= 4 is 17.3 Å². The van der Waals surface area contributed by atoms with E-state index in [4.69, 9.17) is 0 Å². The third-order valence-corrected chi connectivity index (χ3v) is 6.07. The van der Waals surface area contributed by atoms with E-state index in [1.807, 2.05) is 19.2 Å². The summed E-state index contributed by atoms with van der Waals surface area (Å²) in [6.07, 6.45) is 9.77. The van der Waals surface area contributed by atoms with E-state index in [0.717, 1.165) is 29.1 Å². The van der Waals surface area contributed by atoms with E-state index >= 15 is 0 Å². The molecule has 3 rings (SSSR count). The molecule has 1 heterocycles. The van der Waals surface area contributed by atoms with Crippen molar-refractivity contribution in [1.82, 2.24) is 0 Å². The fourth-order valence-corrected chi connectivity index (χ4v) is 4.09. The second-order valence-electron chi connectivity index (χ2n) is 8.45. The highest BCUT2D eigenvalue weighted by Gasteiger charge is 2.23. The Morgan fingerprint density at radius 2 is 1.59 bits per heavy atom. The van der Waals surface area contributed by atoms with Crippen molar-refractivity contribution in [1.29, 1.82) is 0 Å². The lowest BCUT2D eigenvalue weighted by Gasteiger charge is -2.24. The summed E-state index contributed by atoms with van der Waals surface area (Å²) < 4.78 is 0. The van der Waals surface area contributed by atoms with Crippen molar-refractivity contribution in [3.8, 4) is 0 Å². The second kappa shape index (κ2) is 9.27. The second-order valence-corrected chi connectivity index (χ2v) is 8.45. The van der Waals surface area contributed by atoms with Crippen LogP contribution in [0, 0.1) is 27.7 Å². The lowest BCUT2D eigenvalue weighted by atomic mass is 9.93. The minimum Gasteiger partial charge on any atom is -0.345 e. The summed E-state index contributed by atoms with van der Waals surface area (Å²) in [7, 11) is 2.03. The zero-order valence-corrected chi connectivity index (χ0v) is 19.8. The minimum atomic E-state index is -0.0408. The monoisotopic (exact) mass is 424 g/mol. The van der Waals surface area contributed by atoms with Crippen LogP contribution in [0.4, 0.5) is 11.4 Å². The molecule has 0 fully saturated rings. The molecule has 0 saturated heterocycles. The maximum absolute atomic E-state index is 12.3. The first kappa shape index (κ1) is 23.1. The summed E-state index contributed by atoms with van der Waals surface area (Å²) in [5.74, 6) is -0.0408. The van der Waals surface area contributed by atoms with Gasteiger partial charge >= 0.3 is 0 Å². The Morgan fingerprint density at radius 1 is 0.969 bits per heavy atom. The van der Waals surface area contributed by atoms with Crippen molar-refractivity contribution in [3.05, 3.63) is 119 Å². The molecule has 3 heteroatoms. The molecule has 3 nitrogen and oxygen atoms in total. The number of rotatable bonds is 7. The van der Waals surface area contributed by atoms with Gasteiger partial charge in [-0.15, -0.1) is 0 Å². The molecule has 0 N–H and O–H groups in total. The molecule has 0 atom stereocenters. The topological polar surface area (TPSA) is 23.6 Å². The molecule has 2 aromatic rings. The van der Waals surface area contributed by atoms with Crippen LogP contribution in [0.2, 0.25) is 0 Å². The van der Waals surface area contributed by atoms with Gasteiger partial charge in [-0.05, 0) is 91.8 Å². The van der Waals surface area contributed by atoms with Crippen molar-refractivity contribution in [2.75, 3.05) is 16.8 Å². The fraction of sp³-hybridized carbons (Fsp3) is 0.207. The number of hydrogen-bond donors (Lipinski definition) is 0. The lowest BCUT2D eigenvalue weighted by Crippen LogP contribution is -2.23. The molecule has 164 valence electrons. The smallest absolute Gasteiger partial charge is 0.255 e. The van der Waals surface area contributed by atoms with Gasteiger partial charge in [-0.3, -0.25) is 9.69 Å². The van der Waals surface area contributed by atoms with Crippen molar-refractivity contribution in [3.63, 3.8) is 0 Å². The van der Waals surface area contributed by atoms with E-state index in [1.54, 1.807) is 23.1 Å². The Morgan fingerprint density at radius 3 is 2.19 bits per heavy atom. The van der Waals surface area contributed by atoms with Gasteiger partial charge in [-0.2, -0.15) is 0 Å². The Kier molecular flexibility index (Phi) is 6.69. The molecule has 0 aromatic heterocycles. The van der Waals surface area contributed by atoms with Gasteiger partial charge in [-0.1, -0.05) is 44.0 Å². The Balaban J connectivity index is 1.90. The van der Waals surface area contributed by atoms with Crippen LogP contribution in [0.1, 0.15) is 33.4 Å². The predicted octanol–water partition coefficient (Wildman–Crippen LogP) is 6.62. The Labute approximate surface area is 192 Å². The molecule has 1 aliphatic heterocycles. The van der Waals surface area contributed by atoms with Gasteiger partial charge in [0, 0.05) is 30.2 Å². The van der Waals surface area contributed by atoms with E-state index in [1.165, 1.54) is 27.8 Å². The van der Waals surface area contributed by atoms with Crippen molar-refractivity contribution < 1.29 is 4.79 Å². The summed E-state index contributed by atoms with van der Waals surface area (Å²) in [5, 5.41) is 0. The third-order valence-electron chi connectivity index (χ3n) is 6.07. The molecule has 0 unspecified atom stereocenters.